The van der Waals surface area contributed by atoms with Gasteiger partial charge in [0.15, 0.2) is 4.34 Å². The summed E-state index contributed by atoms with van der Waals surface area (Å²) in [6.45, 7) is 5.65. The summed E-state index contributed by atoms with van der Waals surface area (Å²) in [6, 6.07) is 0.623. The fourth-order valence-corrected chi connectivity index (χ4v) is 4.25. The van der Waals surface area contributed by atoms with Gasteiger partial charge in [-0.3, -0.25) is 9.59 Å². The molecule has 2 heterocycles. The number of nitrogens with one attached hydrogen (secondary N) is 1. The van der Waals surface area contributed by atoms with Crippen LogP contribution in [0.1, 0.15) is 40.0 Å². The first-order valence-electron chi connectivity index (χ1n) is 7.02. The molecule has 1 aliphatic rings. The molecule has 1 fully saturated rings. The van der Waals surface area contributed by atoms with Crippen LogP contribution in [0.25, 0.3) is 0 Å². The molecule has 0 radical (unpaired) electrons. The van der Waals surface area contributed by atoms with Crippen LogP contribution in [0.3, 0.4) is 0 Å². The van der Waals surface area contributed by atoms with Gasteiger partial charge < -0.3 is 10.2 Å². The van der Waals surface area contributed by atoms with E-state index < -0.39 is 0 Å². The van der Waals surface area contributed by atoms with Crippen LogP contribution < -0.4 is 5.32 Å². The number of likely N-dealkylation sites (tertiary alicyclic amines) is 1. The molecule has 0 bridgehead atoms. The molecule has 6 nitrogen and oxygen atoms in total. The minimum atomic E-state index is -0.172. The molecule has 1 N–H and O–H groups in total. The van der Waals surface area contributed by atoms with Crippen LogP contribution in [-0.2, 0) is 9.59 Å². The summed E-state index contributed by atoms with van der Waals surface area (Å²) in [5, 5.41) is 10.9. The molecule has 1 aromatic rings. The maximum absolute atomic E-state index is 12.4. The SMILES string of the molecule is CC(=O)Nc1nnc(SCC(=O)N2[C@H](C)CCC[C@@H]2C)s1. The zero-order valence-corrected chi connectivity index (χ0v) is 14.1. The van der Waals surface area contributed by atoms with Gasteiger partial charge in [-0.15, -0.1) is 10.2 Å². The highest BCUT2D eigenvalue weighted by Gasteiger charge is 2.28. The van der Waals surface area contributed by atoms with Crippen molar-refractivity contribution in [2.75, 3.05) is 11.1 Å². The quantitative estimate of drug-likeness (QED) is 0.678. The molecular weight excluding hydrogens is 308 g/mol. The van der Waals surface area contributed by atoms with E-state index in [1.54, 1.807) is 0 Å². The number of piperidine rings is 1. The van der Waals surface area contributed by atoms with E-state index in [4.69, 9.17) is 0 Å². The number of hydrogen-bond acceptors (Lipinski definition) is 6. The first-order valence-corrected chi connectivity index (χ1v) is 8.82. The van der Waals surface area contributed by atoms with Crippen molar-refractivity contribution in [2.24, 2.45) is 0 Å². The predicted molar refractivity (Wildman–Crippen MR) is 84.6 cm³/mol. The Bertz CT molecular complexity index is 510. The van der Waals surface area contributed by atoms with Crippen molar-refractivity contribution < 1.29 is 9.59 Å². The van der Waals surface area contributed by atoms with E-state index in [0.717, 1.165) is 12.8 Å². The standard InChI is InChI=1S/C13H20N4O2S2/c1-8-5-4-6-9(2)17(8)11(19)7-20-13-16-15-12(21-13)14-10(3)18/h8-9H,4-7H2,1-3H3,(H,14,15,18)/t8-,9+. The number of carbonyl (C=O) groups is 2. The third-order valence-electron chi connectivity index (χ3n) is 3.49. The lowest BCUT2D eigenvalue weighted by Crippen LogP contribution is -2.48. The highest BCUT2D eigenvalue weighted by atomic mass is 32.2. The van der Waals surface area contributed by atoms with Gasteiger partial charge in [-0.05, 0) is 33.1 Å². The monoisotopic (exact) mass is 328 g/mol. The first kappa shape index (κ1) is 16.2. The second kappa shape index (κ2) is 7.22. The lowest BCUT2D eigenvalue weighted by molar-refractivity contribution is -0.134. The van der Waals surface area contributed by atoms with Crippen LogP contribution >= 0.6 is 23.1 Å². The average molecular weight is 328 g/mol. The average Bonchev–Trinajstić information content (AvgIpc) is 2.83. The largest absolute Gasteiger partial charge is 0.337 e. The Labute approximate surface area is 132 Å². The van der Waals surface area contributed by atoms with E-state index in [-0.39, 0.29) is 11.8 Å². The topological polar surface area (TPSA) is 75.2 Å². The Morgan fingerprint density at radius 1 is 1.33 bits per heavy atom. The van der Waals surface area contributed by atoms with Gasteiger partial charge in [0.25, 0.3) is 0 Å². The fourth-order valence-electron chi connectivity index (χ4n) is 2.58. The van der Waals surface area contributed by atoms with E-state index in [0.29, 0.717) is 27.3 Å². The third kappa shape index (κ3) is 4.41. The highest BCUT2D eigenvalue weighted by molar-refractivity contribution is 8.01. The number of thioether (sulfide) groups is 1. The smallest absolute Gasteiger partial charge is 0.233 e. The summed E-state index contributed by atoms with van der Waals surface area (Å²) in [7, 11) is 0. The van der Waals surface area contributed by atoms with Crippen LogP contribution in [0.2, 0.25) is 0 Å². The van der Waals surface area contributed by atoms with Crippen molar-refractivity contribution in [3.8, 4) is 0 Å². The molecule has 2 rings (SSSR count). The number of rotatable bonds is 4. The molecule has 2 amide bonds. The zero-order valence-electron chi connectivity index (χ0n) is 12.5. The fraction of sp³-hybridized carbons (Fsp3) is 0.692. The Morgan fingerprint density at radius 2 is 2.00 bits per heavy atom. The molecule has 0 spiro atoms. The molecule has 8 heteroatoms. The molecule has 21 heavy (non-hydrogen) atoms. The van der Waals surface area contributed by atoms with Crippen molar-refractivity contribution in [1.82, 2.24) is 15.1 Å². The lowest BCUT2D eigenvalue weighted by Gasteiger charge is -2.39. The minimum Gasteiger partial charge on any atom is -0.337 e. The van der Waals surface area contributed by atoms with E-state index in [9.17, 15) is 9.59 Å². The molecule has 0 saturated carbocycles. The summed E-state index contributed by atoms with van der Waals surface area (Å²) in [5.74, 6) is 0.342. The van der Waals surface area contributed by atoms with Crippen molar-refractivity contribution >= 4 is 40.0 Å². The Kier molecular flexibility index (Phi) is 5.58. The normalized spacial score (nSPS) is 22.1. The Hall–Kier alpha value is -1.15. The molecule has 0 unspecified atom stereocenters. The summed E-state index contributed by atoms with van der Waals surface area (Å²) in [4.78, 5) is 25.3. The summed E-state index contributed by atoms with van der Waals surface area (Å²) >= 11 is 2.67. The molecular formula is C13H20N4O2S2. The second-order valence-corrected chi connectivity index (χ2v) is 7.47. The summed E-state index contributed by atoms with van der Waals surface area (Å²) in [6.07, 6.45) is 3.34. The van der Waals surface area contributed by atoms with Crippen molar-refractivity contribution in [3.63, 3.8) is 0 Å². The number of anilines is 1. The number of hydrogen-bond donors (Lipinski definition) is 1. The molecule has 0 aliphatic carbocycles. The van der Waals surface area contributed by atoms with Gasteiger partial charge in [-0.25, -0.2) is 0 Å². The molecule has 0 aromatic carbocycles. The van der Waals surface area contributed by atoms with Gasteiger partial charge in [0.2, 0.25) is 16.9 Å². The number of aromatic nitrogens is 2. The lowest BCUT2D eigenvalue weighted by atomic mass is 9.98. The highest BCUT2D eigenvalue weighted by Crippen LogP contribution is 2.28. The van der Waals surface area contributed by atoms with E-state index in [1.165, 1.54) is 36.4 Å². The van der Waals surface area contributed by atoms with Crippen LogP contribution in [0.5, 0.6) is 0 Å². The van der Waals surface area contributed by atoms with Crippen LogP contribution in [0.15, 0.2) is 4.34 Å². The Balaban J connectivity index is 1.88. The van der Waals surface area contributed by atoms with E-state index >= 15 is 0 Å². The number of amides is 2. The van der Waals surface area contributed by atoms with E-state index in [1.807, 2.05) is 4.90 Å². The van der Waals surface area contributed by atoms with E-state index in [2.05, 4.69) is 29.4 Å². The van der Waals surface area contributed by atoms with Gasteiger partial charge >= 0.3 is 0 Å². The van der Waals surface area contributed by atoms with Crippen molar-refractivity contribution in [2.45, 2.75) is 56.5 Å². The van der Waals surface area contributed by atoms with Gasteiger partial charge in [0.1, 0.15) is 0 Å². The van der Waals surface area contributed by atoms with Gasteiger partial charge in [-0.1, -0.05) is 23.1 Å². The maximum Gasteiger partial charge on any atom is 0.233 e. The maximum atomic E-state index is 12.4. The van der Waals surface area contributed by atoms with Crippen LogP contribution in [-0.4, -0.2) is 44.7 Å². The van der Waals surface area contributed by atoms with Crippen LogP contribution in [0, 0.1) is 0 Å². The van der Waals surface area contributed by atoms with Gasteiger partial charge in [-0.2, -0.15) is 0 Å². The molecule has 1 aromatic heterocycles. The Morgan fingerprint density at radius 3 is 2.62 bits per heavy atom. The zero-order chi connectivity index (χ0) is 15.4. The molecule has 2 atom stereocenters. The second-order valence-electron chi connectivity index (χ2n) is 5.27. The molecule has 1 aliphatic heterocycles. The van der Waals surface area contributed by atoms with Gasteiger partial charge in [0, 0.05) is 19.0 Å². The van der Waals surface area contributed by atoms with Crippen molar-refractivity contribution in [3.05, 3.63) is 0 Å². The minimum absolute atomic E-state index is 0.149. The third-order valence-corrected chi connectivity index (χ3v) is 5.45. The van der Waals surface area contributed by atoms with Crippen LogP contribution in [0.4, 0.5) is 5.13 Å². The summed E-state index contributed by atoms with van der Waals surface area (Å²) < 4.78 is 0.699. The van der Waals surface area contributed by atoms with Crippen molar-refractivity contribution in [1.29, 1.82) is 0 Å². The number of nitrogens with zero attached hydrogens (tertiary/aromatic N) is 3. The van der Waals surface area contributed by atoms with Gasteiger partial charge in [0.05, 0.1) is 5.75 Å². The molecule has 116 valence electrons. The summed E-state index contributed by atoms with van der Waals surface area (Å²) in [5.41, 5.74) is 0. The first-order chi connectivity index (χ1) is 9.97. The number of carbonyl (C=O) groups excluding carboxylic acids is 2. The predicted octanol–water partition coefficient (Wildman–Crippen LogP) is 2.38. The molecule has 1 saturated heterocycles.